The van der Waals surface area contributed by atoms with Crippen molar-refractivity contribution in [2.45, 2.75) is 58.0 Å². The molecule has 0 saturated carbocycles. The molecule has 36 heavy (non-hydrogen) atoms. The van der Waals surface area contributed by atoms with E-state index in [1.165, 1.54) is 0 Å². The van der Waals surface area contributed by atoms with Gasteiger partial charge in [0.25, 0.3) is 0 Å². The van der Waals surface area contributed by atoms with Crippen molar-refractivity contribution in [3.63, 3.8) is 0 Å². The number of benzene rings is 3. The van der Waals surface area contributed by atoms with Gasteiger partial charge in [-0.05, 0) is 59.7 Å². The van der Waals surface area contributed by atoms with Crippen molar-refractivity contribution in [1.82, 2.24) is 0 Å². The van der Waals surface area contributed by atoms with Crippen molar-refractivity contribution in [2.24, 2.45) is 5.92 Å². The lowest BCUT2D eigenvalue weighted by Gasteiger charge is -2.44. The summed E-state index contributed by atoms with van der Waals surface area (Å²) in [5.41, 5.74) is 2.90. The summed E-state index contributed by atoms with van der Waals surface area (Å²) in [5.74, 6) is -0.849. The second-order valence-electron chi connectivity index (χ2n) is 9.65. The van der Waals surface area contributed by atoms with Gasteiger partial charge in [-0.25, -0.2) is 4.79 Å². The third-order valence-corrected chi connectivity index (χ3v) is 7.13. The maximum atomic E-state index is 13.8. The van der Waals surface area contributed by atoms with Crippen molar-refractivity contribution in [1.29, 1.82) is 0 Å². The molecule has 3 aromatic carbocycles. The van der Waals surface area contributed by atoms with E-state index in [-0.39, 0.29) is 31.3 Å². The highest BCUT2D eigenvalue weighted by molar-refractivity contribution is 6.09. The molecule has 1 heterocycles. The number of aliphatic hydroxyl groups is 2. The fraction of sp³-hybridized carbons (Fsp3) is 0.333. The molecule has 1 fully saturated rings. The van der Waals surface area contributed by atoms with Gasteiger partial charge < -0.3 is 19.8 Å². The fourth-order valence-electron chi connectivity index (χ4n) is 4.96. The standard InChI is InChI=1S/C30H33NO5/c1-21(2)30(16-15-23-10-6-7-11-24(23)20-33)18-27(34)28(29(35)36-30)31(25-12-4-3-5-13-25)26-14-8-9-22(17-26)19-32/h3-14,17,21,28,32-33H,15-16,18-20H2,1-2H3. The minimum Gasteiger partial charge on any atom is -0.456 e. The number of carbonyl (C=O) groups excluding carboxylic acids is 2. The average Bonchev–Trinajstić information content (AvgIpc) is 2.90. The molecule has 1 saturated heterocycles. The molecule has 0 aromatic heterocycles. The first-order valence-corrected chi connectivity index (χ1v) is 12.4. The van der Waals surface area contributed by atoms with Crippen LogP contribution in [0.1, 0.15) is 43.4 Å². The van der Waals surface area contributed by atoms with Crippen molar-refractivity contribution < 1.29 is 24.5 Å². The Hall–Kier alpha value is -3.48. The van der Waals surface area contributed by atoms with Crippen LogP contribution in [0.4, 0.5) is 11.4 Å². The number of carbonyl (C=O) groups is 2. The van der Waals surface area contributed by atoms with Gasteiger partial charge in [0.05, 0.1) is 13.2 Å². The van der Waals surface area contributed by atoms with Gasteiger partial charge in [-0.1, -0.05) is 68.4 Å². The predicted octanol–water partition coefficient (Wildman–Crippen LogP) is 4.72. The van der Waals surface area contributed by atoms with Crippen molar-refractivity contribution >= 4 is 23.1 Å². The molecular formula is C30H33NO5. The lowest BCUT2D eigenvalue weighted by atomic mass is 9.77. The van der Waals surface area contributed by atoms with E-state index in [4.69, 9.17) is 4.74 Å². The smallest absolute Gasteiger partial charge is 0.337 e. The van der Waals surface area contributed by atoms with E-state index < -0.39 is 17.6 Å². The molecule has 1 aliphatic rings. The third-order valence-electron chi connectivity index (χ3n) is 7.13. The molecule has 4 rings (SSSR count). The number of hydrogen-bond acceptors (Lipinski definition) is 6. The van der Waals surface area contributed by atoms with E-state index in [0.29, 0.717) is 29.8 Å². The molecule has 0 spiro atoms. The van der Waals surface area contributed by atoms with Crippen LogP contribution in [-0.4, -0.2) is 33.6 Å². The quantitative estimate of drug-likeness (QED) is 0.335. The van der Waals surface area contributed by atoms with E-state index in [9.17, 15) is 19.8 Å². The van der Waals surface area contributed by atoms with Gasteiger partial charge >= 0.3 is 5.97 Å². The summed E-state index contributed by atoms with van der Waals surface area (Å²) in [5, 5.41) is 19.4. The average molecular weight is 488 g/mol. The Kier molecular flexibility index (Phi) is 7.87. The van der Waals surface area contributed by atoms with Crippen LogP contribution >= 0.6 is 0 Å². The molecule has 6 heteroatoms. The number of anilines is 2. The molecule has 2 atom stereocenters. The van der Waals surface area contributed by atoms with Crippen LogP contribution in [0.15, 0.2) is 78.9 Å². The molecule has 6 nitrogen and oxygen atoms in total. The molecule has 1 aliphatic heterocycles. The minimum absolute atomic E-state index is 0.0649. The number of ether oxygens (including phenoxy) is 1. The van der Waals surface area contributed by atoms with Gasteiger partial charge in [-0.2, -0.15) is 0 Å². The largest absolute Gasteiger partial charge is 0.456 e. The normalized spacial score (nSPS) is 19.9. The highest BCUT2D eigenvalue weighted by Crippen LogP contribution is 2.40. The summed E-state index contributed by atoms with van der Waals surface area (Å²) in [6, 6.07) is 23.0. The zero-order chi connectivity index (χ0) is 25.7. The Morgan fingerprint density at radius 2 is 1.56 bits per heavy atom. The van der Waals surface area contributed by atoms with Crippen molar-refractivity contribution in [3.05, 3.63) is 95.6 Å². The first-order chi connectivity index (χ1) is 17.4. The lowest BCUT2D eigenvalue weighted by Crippen LogP contribution is -2.58. The second-order valence-corrected chi connectivity index (χ2v) is 9.65. The summed E-state index contributed by atoms with van der Waals surface area (Å²) in [7, 11) is 0. The van der Waals surface area contributed by atoms with E-state index in [1.54, 1.807) is 23.1 Å². The van der Waals surface area contributed by atoms with E-state index in [1.807, 2.05) is 74.5 Å². The number of ketones is 1. The zero-order valence-electron chi connectivity index (χ0n) is 20.8. The maximum absolute atomic E-state index is 13.8. The number of para-hydroxylation sites is 1. The number of aliphatic hydroxyl groups excluding tert-OH is 2. The van der Waals surface area contributed by atoms with Gasteiger partial charge in [0.2, 0.25) is 0 Å². The first-order valence-electron chi connectivity index (χ1n) is 12.4. The summed E-state index contributed by atoms with van der Waals surface area (Å²) in [6.45, 7) is 3.73. The van der Waals surface area contributed by atoms with Crippen LogP contribution < -0.4 is 4.90 Å². The molecule has 0 bridgehead atoms. The lowest BCUT2D eigenvalue weighted by molar-refractivity contribution is -0.179. The number of rotatable bonds is 9. The maximum Gasteiger partial charge on any atom is 0.337 e. The third kappa shape index (κ3) is 5.20. The Labute approximate surface area is 212 Å². The second kappa shape index (κ2) is 11.1. The summed E-state index contributed by atoms with van der Waals surface area (Å²) in [6.07, 6.45) is 1.17. The van der Waals surface area contributed by atoms with Crippen LogP contribution in [0.3, 0.4) is 0 Å². The van der Waals surface area contributed by atoms with Crippen LogP contribution in [0.2, 0.25) is 0 Å². The monoisotopic (exact) mass is 487 g/mol. The molecular weight excluding hydrogens is 454 g/mol. The summed E-state index contributed by atoms with van der Waals surface area (Å²) in [4.78, 5) is 29.1. The van der Waals surface area contributed by atoms with Crippen LogP contribution in [0.25, 0.3) is 0 Å². The number of nitrogens with zero attached hydrogens (tertiary/aromatic N) is 1. The van der Waals surface area contributed by atoms with Gasteiger partial charge in [-0.15, -0.1) is 0 Å². The Balaban J connectivity index is 1.66. The topological polar surface area (TPSA) is 87.1 Å². The molecule has 0 aliphatic carbocycles. The van der Waals surface area contributed by atoms with Gasteiger partial charge in [0.1, 0.15) is 5.60 Å². The fourth-order valence-corrected chi connectivity index (χ4v) is 4.96. The van der Waals surface area contributed by atoms with Crippen molar-refractivity contribution in [3.8, 4) is 0 Å². The van der Waals surface area contributed by atoms with E-state index in [0.717, 1.165) is 11.1 Å². The number of aryl methyl sites for hydroxylation is 1. The van der Waals surface area contributed by atoms with E-state index >= 15 is 0 Å². The van der Waals surface area contributed by atoms with E-state index in [2.05, 4.69) is 0 Å². The summed E-state index contributed by atoms with van der Waals surface area (Å²) >= 11 is 0. The Morgan fingerprint density at radius 3 is 2.19 bits per heavy atom. The number of Topliss-reactive ketones (excluding diaryl/α,β-unsaturated/α-hetero) is 1. The Bertz CT molecular complexity index is 1190. The number of hydrogen-bond donors (Lipinski definition) is 2. The van der Waals surface area contributed by atoms with Gasteiger partial charge in [0.15, 0.2) is 11.8 Å². The Morgan fingerprint density at radius 1 is 0.889 bits per heavy atom. The molecule has 2 N–H and O–H groups in total. The van der Waals surface area contributed by atoms with Gasteiger partial charge in [-0.3, -0.25) is 4.79 Å². The van der Waals surface area contributed by atoms with Crippen LogP contribution in [0.5, 0.6) is 0 Å². The predicted molar refractivity (Wildman–Crippen MR) is 139 cm³/mol. The molecule has 0 amide bonds. The highest BCUT2D eigenvalue weighted by Gasteiger charge is 2.50. The highest BCUT2D eigenvalue weighted by atomic mass is 16.6. The minimum atomic E-state index is -1.13. The van der Waals surface area contributed by atoms with Crippen molar-refractivity contribution in [2.75, 3.05) is 4.90 Å². The number of cyclic esters (lactones) is 1. The summed E-state index contributed by atoms with van der Waals surface area (Å²) < 4.78 is 6.18. The molecule has 188 valence electrons. The molecule has 3 aromatic rings. The van der Waals surface area contributed by atoms with Gasteiger partial charge in [0, 0.05) is 17.8 Å². The SMILES string of the molecule is CC(C)C1(CCc2ccccc2CO)CC(=O)C(N(c2ccccc2)c2cccc(CO)c2)C(=O)O1. The zero-order valence-corrected chi connectivity index (χ0v) is 20.8. The van der Waals surface area contributed by atoms with Crippen LogP contribution in [0, 0.1) is 5.92 Å². The molecule has 0 radical (unpaired) electrons. The number of esters is 1. The molecule has 2 unspecified atom stereocenters. The first kappa shape index (κ1) is 25.6. The van der Waals surface area contributed by atoms with Crippen LogP contribution in [-0.2, 0) is 34.0 Å².